The zero-order valence-corrected chi connectivity index (χ0v) is 19.8. The molecule has 0 atom stereocenters. The molecule has 180 valence electrons. The van der Waals surface area contributed by atoms with Crippen LogP contribution in [0.5, 0.6) is 17.2 Å². The average molecular weight is 461 g/mol. The van der Waals surface area contributed by atoms with Gasteiger partial charge < -0.3 is 30.1 Å². The molecule has 0 heterocycles. The predicted molar refractivity (Wildman–Crippen MR) is 125 cm³/mol. The highest BCUT2D eigenvalue weighted by Crippen LogP contribution is 2.44. The summed E-state index contributed by atoms with van der Waals surface area (Å²) in [6, 6.07) is 4.48. The summed E-state index contributed by atoms with van der Waals surface area (Å²) in [6.07, 6.45) is 1.47. The Morgan fingerprint density at radius 1 is 0.939 bits per heavy atom. The van der Waals surface area contributed by atoms with Gasteiger partial charge in [0.2, 0.25) is 0 Å². The van der Waals surface area contributed by atoms with Gasteiger partial charge in [-0.25, -0.2) is 9.59 Å². The van der Waals surface area contributed by atoms with Gasteiger partial charge in [0.05, 0.1) is 5.39 Å². The molecule has 0 aliphatic carbocycles. The molecule has 0 saturated heterocycles. The first-order valence-corrected chi connectivity index (χ1v) is 10.5. The smallest absolute Gasteiger partial charge is 0.411 e. The van der Waals surface area contributed by atoms with Crippen molar-refractivity contribution in [2.24, 2.45) is 0 Å². The zero-order valence-electron chi connectivity index (χ0n) is 19.8. The minimum atomic E-state index is -0.695. The molecule has 2 aromatic carbocycles. The van der Waals surface area contributed by atoms with Crippen LogP contribution >= 0.6 is 0 Å². The number of rotatable bonds is 5. The first-order valence-electron chi connectivity index (χ1n) is 10.5. The molecule has 9 heteroatoms. The van der Waals surface area contributed by atoms with Crippen molar-refractivity contribution in [1.29, 1.82) is 0 Å². The third kappa shape index (κ3) is 7.20. The van der Waals surface area contributed by atoms with Crippen molar-refractivity contribution in [2.45, 2.75) is 59.2 Å². The van der Waals surface area contributed by atoms with E-state index in [-0.39, 0.29) is 46.6 Å². The van der Waals surface area contributed by atoms with Gasteiger partial charge in [-0.05, 0) is 60.1 Å². The number of phenols is 3. The monoisotopic (exact) mass is 460 g/mol. The van der Waals surface area contributed by atoms with E-state index >= 15 is 0 Å². The van der Waals surface area contributed by atoms with E-state index in [2.05, 4.69) is 10.6 Å². The van der Waals surface area contributed by atoms with E-state index in [0.29, 0.717) is 5.56 Å². The van der Waals surface area contributed by atoms with E-state index in [1.165, 1.54) is 18.3 Å². The number of alkyl carbamates (subject to hydrolysis) is 2. The summed E-state index contributed by atoms with van der Waals surface area (Å²) in [5.74, 6) is -0.662. The fourth-order valence-corrected chi connectivity index (χ4v) is 3.09. The van der Waals surface area contributed by atoms with E-state index in [1.807, 2.05) is 0 Å². The van der Waals surface area contributed by atoms with Crippen LogP contribution < -0.4 is 10.6 Å². The summed E-state index contributed by atoms with van der Waals surface area (Å²) < 4.78 is 10.4. The van der Waals surface area contributed by atoms with E-state index in [4.69, 9.17) is 9.47 Å². The van der Waals surface area contributed by atoms with Crippen LogP contribution in [0.25, 0.3) is 16.8 Å². The highest BCUT2D eigenvalue weighted by molar-refractivity contribution is 6.01. The summed E-state index contributed by atoms with van der Waals surface area (Å²) >= 11 is 0. The molecule has 2 aromatic rings. The van der Waals surface area contributed by atoms with E-state index < -0.39 is 23.4 Å². The van der Waals surface area contributed by atoms with Crippen LogP contribution in [0.15, 0.2) is 24.4 Å². The molecule has 0 radical (unpaired) electrons. The molecule has 0 fully saturated rings. The van der Waals surface area contributed by atoms with Crippen molar-refractivity contribution < 1.29 is 34.4 Å². The highest BCUT2D eigenvalue weighted by atomic mass is 16.6. The largest absolute Gasteiger partial charge is 0.507 e. The molecule has 2 amide bonds. The molecule has 0 unspecified atom stereocenters. The third-order valence-corrected chi connectivity index (χ3v) is 4.29. The lowest BCUT2D eigenvalue weighted by Crippen LogP contribution is -2.33. The number of phenolic OH excluding ortho intramolecular Hbond substituents is 3. The fraction of sp³-hybridized carbons (Fsp3) is 0.417. The van der Waals surface area contributed by atoms with Crippen molar-refractivity contribution in [1.82, 2.24) is 10.6 Å². The van der Waals surface area contributed by atoms with Crippen LogP contribution in [-0.2, 0) is 15.9 Å². The first-order chi connectivity index (χ1) is 15.2. The van der Waals surface area contributed by atoms with Gasteiger partial charge in [-0.3, -0.25) is 5.32 Å². The van der Waals surface area contributed by atoms with Gasteiger partial charge in [0.15, 0.2) is 0 Å². The molecular weight excluding hydrogens is 428 g/mol. The van der Waals surface area contributed by atoms with Crippen LogP contribution in [0.1, 0.15) is 52.7 Å². The van der Waals surface area contributed by atoms with Gasteiger partial charge in [-0.1, -0.05) is 12.1 Å². The maximum atomic E-state index is 12.0. The van der Waals surface area contributed by atoms with Crippen molar-refractivity contribution in [3.05, 3.63) is 35.5 Å². The zero-order chi connectivity index (χ0) is 25.0. The summed E-state index contributed by atoms with van der Waals surface area (Å²) in [5, 5.41) is 37.3. The molecule has 2 rings (SSSR count). The van der Waals surface area contributed by atoms with Crippen LogP contribution in [0.2, 0.25) is 0 Å². The number of nitrogens with one attached hydrogen (secondary N) is 2. The number of ether oxygens (including phenoxy) is 2. The standard InChI is InChI=1S/C24H32N2O7/c1-23(2,3)32-21(30)25-12-10-14-15(11-13-26-22(31)33-24(4,5)6)20(29)18-16(19(14)28)8-7-9-17(18)27/h7-9,11,13,27-29H,10,12H2,1-6H3,(H,25,30)(H,26,31). The van der Waals surface area contributed by atoms with Crippen LogP contribution in [-0.4, -0.2) is 45.3 Å². The molecule has 5 N–H and O–H groups in total. The molecule has 0 aliphatic heterocycles. The minimum Gasteiger partial charge on any atom is -0.507 e. The Hall–Kier alpha value is -3.62. The second-order valence-electron chi connectivity index (χ2n) is 9.45. The number of fused-ring (bicyclic) bond motifs is 1. The lowest BCUT2D eigenvalue weighted by atomic mass is 9.95. The molecule has 0 spiro atoms. The van der Waals surface area contributed by atoms with E-state index in [0.717, 1.165) is 0 Å². The highest BCUT2D eigenvalue weighted by Gasteiger charge is 2.21. The maximum Gasteiger partial charge on any atom is 0.411 e. The summed E-state index contributed by atoms with van der Waals surface area (Å²) in [7, 11) is 0. The van der Waals surface area contributed by atoms with Crippen molar-refractivity contribution >= 4 is 29.0 Å². The Morgan fingerprint density at radius 3 is 2.15 bits per heavy atom. The Labute approximate surface area is 193 Å². The van der Waals surface area contributed by atoms with Crippen molar-refractivity contribution in [3.63, 3.8) is 0 Å². The van der Waals surface area contributed by atoms with Gasteiger partial charge in [0.25, 0.3) is 0 Å². The summed E-state index contributed by atoms with van der Waals surface area (Å²) in [4.78, 5) is 23.9. The molecule has 0 aliphatic rings. The molecule has 0 aromatic heterocycles. The van der Waals surface area contributed by atoms with Crippen LogP contribution in [0.3, 0.4) is 0 Å². The minimum absolute atomic E-state index is 0.0655. The molecule has 9 nitrogen and oxygen atoms in total. The molecule has 33 heavy (non-hydrogen) atoms. The third-order valence-electron chi connectivity index (χ3n) is 4.29. The normalized spacial score (nSPS) is 12.1. The molecular formula is C24H32N2O7. The number of aromatic hydroxyl groups is 3. The number of amides is 2. The summed E-state index contributed by atoms with van der Waals surface area (Å²) in [6.45, 7) is 10.5. The molecule has 0 bridgehead atoms. The van der Waals surface area contributed by atoms with Gasteiger partial charge in [0.1, 0.15) is 28.5 Å². The van der Waals surface area contributed by atoms with E-state index in [9.17, 15) is 24.9 Å². The van der Waals surface area contributed by atoms with Gasteiger partial charge in [-0.15, -0.1) is 0 Å². The van der Waals surface area contributed by atoms with Crippen LogP contribution in [0.4, 0.5) is 9.59 Å². The Kier molecular flexibility index (Phi) is 7.68. The lowest BCUT2D eigenvalue weighted by molar-refractivity contribution is 0.0523. The van der Waals surface area contributed by atoms with Crippen molar-refractivity contribution in [3.8, 4) is 17.2 Å². The predicted octanol–water partition coefficient (Wildman–Crippen LogP) is 4.52. The van der Waals surface area contributed by atoms with Gasteiger partial charge >= 0.3 is 12.2 Å². The Bertz CT molecular complexity index is 1060. The average Bonchev–Trinajstić information content (AvgIpc) is 2.64. The molecule has 0 saturated carbocycles. The van der Waals surface area contributed by atoms with E-state index in [1.54, 1.807) is 53.7 Å². The van der Waals surface area contributed by atoms with Crippen LogP contribution in [0, 0.1) is 0 Å². The number of hydrogen-bond donors (Lipinski definition) is 5. The topological polar surface area (TPSA) is 137 Å². The van der Waals surface area contributed by atoms with Gasteiger partial charge in [0, 0.05) is 29.3 Å². The van der Waals surface area contributed by atoms with Crippen molar-refractivity contribution in [2.75, 3.05) is 6.54 Å². The Balaban J connectivity index is 2.36. The Morgan fingerprint density at radius 2 is 1.55 bits per heavy atom. The number of benzene rings is 2. The number of hydrogen-bond acceptors (Lipinski definition) is 7. The quantitative estimate of drug-likeness (QED) is 0.414. The second kappa shape index (κ2) is 9.89. The fourth-order valence-electron chi connectivity index (χ4n) is 3.09. The summed E-state index contributed by atoms with van der Waals surface area (Å²) in [5.41, 5.74) is -0.870. The number of carbonyl (C=O) groups excluding carboxylic acids is 2. The SMILES string of the molecule is CC(C)(C)OC(=O)NC=Cc1c(CCNC(=O)OC(C)(C)C)c(O)c2cccc(O)c2c1O. The first kappa shape index (κ1) is 25.6. The van der Waals surface area contributed by atoms with Gasteiger partial charge in [-0.2, -0.15) is 0 Å². The maximum absolute atomic E-state index is 12.0. The number of carbonyl (C=O) groups is 2. The second-order valence-corrected chi connectivity index (χ2v) is 9.45. The lowest BCUT2D eigenvalue weighted by Gasteiger charge is -2.20.